The minimum atomic E-state index is -0.0732. The number of ketones is 1. The number of amides is 1. The Hall–Kier alpha value is -1.68. The summed E-state index contributed by atoms with van der Waals surface area (Å²) in [5.74, 6) is -0.0676. The van der Waals surface area contributed by atoms with E-state index >= 15 is 0 Å². The zero-order valence-electron chi connectivity index (χ0n) is 9.81. The molecule has 2 rings (SSSR count). The zero-order chi connectivity index (χ0) is 12.3. The van der Waals surface area contributed by atoms with Crippen LogP contribution in [0.1, 0.15) is 17.5 Å². The summed E-state index contributed by atoms with van der Waals surface area (Å²) in [5, 5.41) is 0. The fraction of sp³-hybridized carbons (Fsp3) is 0.385. The SMILES string of the molecule is COCc1ccc(CN2CC(=O)CC2=O)cc1. The summed E-state index contributed by atoms with van der Waals surface area (Å²) in [6.45, 7) is 1.35. The molecular formula is C13H15NO3. The van der Waals surface area contributed by atoms with Crippen LogP contribution in [0.15, 0.2) is 24.3 Å². The van der Waals surface area contributed by atoms with E-state index in [1.54, 1.807) is 12.0 Å². The van der Waals surface area contributed by atoms with E-state index < -0.39 is 0 Å². The Morgan fingerprint density at radius 3 is 2.35 bits per heavy atom. The lowest BCUT2D eigenvalue weighted by molar-refractivity contribution is -0.128. The molecule has 0 spiro atoms. The molecule has 0 radical (unpaired) electrons. The highest BCUT2D eigenvalue weighted by molar-refractivity contribution is 6.05. The van der Waals surface area contributed by atoms with E-state index in [4.69, 9.17) is 4.74 Å². The predicted molar refractivity (Wildman–Crippen MR) is 62.2 cm³/mol. The van der Waals surface area contributed by atoms with Gasteiger partial charge in [-0.3, -0.25) is 9.59 Å². The van der Waals surface area contributed by atoms with Crippen molar-refractivity contribution in [2.45, 2.75) is 19.6 Å². The number of carbonyl (C=O) groups excluding carboxylic acids is 2. The summed E-state index contributed by atoms with van der Waals surface area (Å²) in [6, 6.07) is 7.87. The van der Waals surface area contributed by atoms with Gasteiger partial charge in [0.25, 0.3) is 0 Å². The molecule has 0 N–H and O–H groups in total. The molecule has 1 heterocycles. The molecule has 4 nitrogen and oxygen atoms in total. The number of nitrogens with zero attached hydrogens (tertiary/aromatic N) is 1. The third-order valence-corrected chi connectivity index (χ3v) is 2.78. The third kappa shape index (κ3) is 2.91. The summed E-state index contributed by atoms with van der Waals surface area (Å²) < 4.78 is 5.02. The van der Waals surface area contributed by atoms with Crippen molar-refractivity contribution < 1.29 is 14.3 Å². The van der Waals surface area contributed by atoms with Gasteiger partial charge in [-0.05, 0) is 11.1 Å². The highest BCUT2D eigenvalue weighted by Gasteiger charge is 2.26. The Labute approximate surface area is 100 Å². The number of benzene rings is 1. The van der Waals surface area contributed by atoms with Gasteiger partial charge in [-0.2, -0.15) is 0 Å². The number of hydrogen-bond acceptors (Lipinski definition) is 3. The van der Waals surface area contributed by atoms with Crippen molar-refractivity contribution in [1.29, 1.82) is 0 Å². The van der Waals surface area contributed by atoms with Crippen molar-refractivity contribution in [2.75, 3.05) is 13.7 Å². The van der Waals surface area contributed by atoms with Crippen LogP contribution < -0.4 is 0 Å². The van der Waals surface area contributed by atoms with Crippen LogP contribution in [0.3, 0.4) is 0 Å². The first-order valence-electron chi connectivity index (χ1n) is 5.55. The molecule has 1 aromatic rings. The fourth-order valence-electron chi connectivity index (χ4n) is 1.91. The molecule has 1 fully saturated rings. The first-order valence-corrected chi connectivity index (χ1v) is 5.55. The lowest BCUT2D eigenvalue weighted by Crippen LogP contribution is -2.24. The molecule has 90 valence electrons. The van der Waals surface area contributed by atoms with Gasteiger partial charge in [-0.25, -0.2) is 0 Å². The highest BCUT2D eigenvalue weighted by atomic mass is 16.5. The van der Waals surface area contributed by atoms with E-state index in [9.17, 15) is 9.59 Å². The standard InChI is InChI=1S/C13H15NO3/c1-17-9-11-4-2-10(3-5-11)7-14-8-12(15)6-13(14)16/h2-5H,6-9H2,1H3. The smallest absolute Gasteiger partial charge is 0.230 e. The fourth-order valence-corrected chi connectivity index (χ4v) is 1.91. The van der Waals surface area contributed by atoms with Crippen LogP contribution in [0.2, 0.25) is 0 Å². The molecule has 0 aromatic heterocycles. The number of carbonyl (C=O) groups is 2. The van der Waals surface area contributed by atoms with Gasteiger partial charge >= 0.3 is 0 Å². The molecule has 0 unspecified atom stereocenters. The lowest BCUT2D eigenvalue weighted by Gasteiger charge is -2.14. The van der Waals surface area contributed by atoms with Crippen molar-refractivity contribution in [3.63, 3.8) is 0 Å². The predicted octanol–water partition coefficient (Wildman–Crippen LogP) is 1.13. The van der Waals surface area contributed by atoms with Gasteiger partial charge < -0.3 is 9.64 Å². The largest absolute Gasteiger partial charge is 0.380 e. The van der Waals surface area contributed by atoms with Crippen molar-refractivity contribution >= 4 is 11.7 Å². The number of likely N-dealkylation sites (tertiary alicyclic amines) is 1. The molecule has 1 saturated heterocycles. The van der Waals surface area contributed by atoms with Gasteiger partial charge in [0.15, 0.2) is 5.78 Å². The monoisotopic (exact) mass is 233 g/mol. The van der Waals surface area contributed by atoms with Crippen LogP contribution in [0, 0.1) is 0 Å². The first kappa shape index (κ1) is 11.8. The Morgan fingerprint density at radius 2 is 1.82 bits per heavy atom. The molecular weight excluding hydrogens is 218 g/mol. The molecule has 1 aromatic carbocycles. The number of methoxy groups -OCH3 is 1. The normalized spacial score (nSPS) is 15.7. The van der Waals surface area contributed by atoms with Gasteiger partial charge in [0.05, 0.1) is 19.6 Å². The van der Waals surface area contributed by atoms with Crippen molar-refractivity contribution in [3.8, 4) is 0 Å². The third-order valence-electron chi connectivity index (χ3n) is 2.78. The molecule has 1 aliphatic rings. The van der Waals surface area contributed by atoms with Crippen LogP contribution >= 0.6 is 0 Å². The molecule has 0 atom stereocenters. The second kappa shape index (κ2) is 5.10. The average molecular weight is 233 g/mol. The summed E-state index contributed by atoms with van der Waals surface area (Å²) >= 11 is 0. The summed E-state index contributed by atoms with van der Waals surface area (Å²) in [4.78, 5) is 24.1. The van der Waals surface area contributed by atoms with E-state index in [1.807, 2.05) is 24.3 Å². The van der Waals surface area contributed by atoms with E-state index in [0.717, 1.165) is 11.1 Å². The molecule has 1 aliphatic heterocycles. The molecule has 1 amide bonds. The maximum Gasteiger partial charge on any atom is 0.230 e. The van der Waals surface area contributed by atoms with E-state index in [0.29, 0.717) is 13.2 Å². The molecule has 0 bridgehead atoms. The Kier molecular flexibility index (Phi) is 3.54. The average Bonchev–Trinajstić information content (AvgIpc) is 2.61. The van der Waals surface area contributed by atoms with Gasteiger partial charge in [0, 0.05) is 13.7 Å². The van der Waals surface area contributed by atoms with Crippen LogP contribution in [-0.4, -0.2) is 30.2 Å². The van der Waals surface area contributed by atoms with E-state index in [1.165, 1.54) is 0 Å². The number of ether oxygens (including phenoxy) is 1. The Morgan fingerprint density at radius 1 is 1.18 bits per heavy atom. The first-order chi connectivity index (χ1) is 8.19. The van der Waals surface area contributed by atoms with Gasteiger partial charge in [0.1, 0.15) is 0 Å². The van der Waals surface area contributed by atoms with Crippen LogP contribution in [0.4, 0.5) is 0 Å². The van der Waals surface area contributed by atoms with Crippen LogP contribution in [0.5, 0.6) is 0 Å². The van der Waals surface area contributed by atoms with Crippen molar-refractivity contribution in [2.24, 2.45) is 0 Å². The second-order valence-electron chi connectivity index (χ2n) is 4.21. The lowest BCUT2D eigenvalue weighted by atomic mass is 10.1. The van der Waals surface area contributed by atoms with E-state index in [2.05, 4.69) is 0 Å². The Bertz CT molecular complexity index is 425. The second-order valence-corrected chi connectivity index (χ2v) is 4.21. The van der Waals surface area contributed by atoms with Crippen LogP contribution in [0.25, 0.3) is 0 Å². The number of hydrogen-bond donors (Lipinski definition) is 0. The topological polar surface area (TPSA) is 46.6 Å². The van der Waals surface area contributed by atoms with Crippen molar-refractivity contribution in [1.82, 2.24) is 4.90 Å². The maximum absolute atomic E-state index is 11.4. The molecule has 4 heteroatoms. The summed E-state index contributed by atoms with van der Waals surface area (Å²) in [6.07, 6.45) is 0.0573. The minimum Gasteiger partial charge on any atom is -0.380 e. The van der Waals surface area contributed by atoms with Gasteiger partial charge in [-0.15, -0.1) is 0 Å². The highest BCUT2D eigenvalue weighted by Crippen LogP contribution is 2.13. The quantitative estimate of drug-likeness (QED) is 0.732. The van der Waals surface area contributed by atoms with E-state index in [-0.39, 0.29) is 24.7 Å². The number of rotatable bonds is 4. The zero-order valence-corrected chi connectivity index (χ0v) is 9.81. The molecule has 17 heavy (non-hydrogen) atoms. The van der Waals surface area contributed by atoms with Crippen molar-refractivity contribution in [3.05, 3.63) is 35.4 Å². The summed E-state index contributed by atoms with van der Waals surface area (Å²) in [7, 11) is 1.66. The minimum absolute atomic E-state index is 0.00556. The molecule has 0 saturated carbocycles. The van der Waals surface area contributed by atoms with Gasteiger partial charge in [-0.1, -0.05) is 24.3 Å². The molecule has 0 aliphatic carbocycles. The summed E-state index contributed by atoms with van der Waals surface area (Å²) in [5.41, 5.74) is 2.13. The van der Waals surface area contributed by atoms with Crippen LogP contribution in [-0.2, 0) is 27.5 Å². The number of Topliss-reactive ketones (excluding diaryl/α,β-unsaturated/α-hetero) is 1. The van der Waals surface area contributed by atoms with Gasteiger partial charge in [0.2, 0.25) is 5.91 Å². The Balaban J connectivity index is 1.99. The maximum atomic E-state index is 11.4.